The van der Waals surface area contributed by atoms with Crippen LogP contribution in [0, 0.1) is 11.3 Å². The molecule has 0 aromatic heterocycles. The fraction of sp³-hybridized carbons (Fsp3) is 0.846. The molecule has 1 aliphatic rings. The molecule has 0 spiro atoms. The van der Waals surface area contributed by atoms with Crippen LogP contribution in [0.4, 0.5) is 4.79 Å². The van der Waals surface area contributed by atoms with E-state index in [0.29, 0.717) is 12.8 Å². The van der Waals surface area contributed by atoms with Gasteiger partial charge in [-0.25, -0.2) is 4.79 Å². The van der Waals surface area contributed by atoms with Gasteiger partial charge in [-0.05, 0) is 25.7 Å². The van der Waals surface area contributed by atoms with E-state index in [0.717, 1.165) is 12.8 Å². The van der Waals surface area contributed by atoms with Gasteiger partial charge in [0.05, 0.1) is 6.07 Å². The zero-order valence-corrected chi connectivity index (χ0v) is 10.9. The van der Waals surface area contributed by atoms with E-state index >= 15 is 0 Å². The third-order valence-corrected chi connectivity index (χ3v) is 3.71. The Kier molecular flexibility index (Phi) is 5.27. The number of rotatable bonds is 4. The van der Waals surface area contributed by atoms with E-state index in [1.807, 2.05) is 13.8 Å². The van der Waals surface area contributed by atoms with Crippen molar-refractivity contribution in [1.29, 1.82) is 5.26 Å². The number of hydrogen-bond acceptors (Lipinski definition) is 2. The summed E-state index contributed by atoms with van der Waals surface area (Å²) in [4.78, 5) is 11.8. The topological polar surface area (TPSA) is 64.9 Å². The summed E-state index contributed by atoms with van der Waals surface area (Å²) < 4.78 is 0. The van der Waals surface area contributed by atoms with Crippen LogP contribution in [-0.2, 0) is 0 Å². The molecule has 4 heteroatoms. The minimum atomic E-state index is -0.710. The number of carbonyl (C=O) groups excluding carboxylic acids is 1. The van der Waals surface area contributed by atoms with Crippen LogP contribution >= 0.6 is 0 Å². The second-order valence-corrected chi connectivity index (χ2v) is 4.83. The lowest BCUT2D eigenvalue weighted by Crippen LogP contribution is -2.53. The molecule has 0 heterocycles. The summed E-state index contributed by atoms with van der Waals surface area (Å²) in [6.45, 7) is 3.85. The maximum Gasteiger partial charge on any atom is 0.316 e. The van der Waals surface area contributed by atoms with Crippen molar-refractivity contribution in [3.8, 4) is 6.07 Å². The molecule has 1 fully saturated rings. The van der Waals surface area contributed by atoms with Gasteiger partial charge in [-0.15, -0.1) is 0 Å². The van der Waals surface area contributed by atoms with E-state index in [1.54, 1.807) is 0 Å². The van der Waals surface area contributed by atoms with Gasteiger partial charge in [0.25, 0.3) is 0 Å². The largest absolute Gasteiger partial charge is 0.335 e. The van der Waals surface area contributed by atoms with Gasteiger partial charge in [-0.3, -0.25) is 0 Å². The molecule has 0 aliphatic heterocycles. The predicted octanol–water partition coefficient (Wildman–Crippen LogP) is 2.70. The maximum atomic E-state index is 11.8. The van der Waals surface area contributed by atoms with Crippen molar-refractivity contribution < 1.29 is 4.79 Å². The first-order valence-electron chi connectivity index (χ1n) is 6.65. The molecule has 17 heavy (non-hydrogen) atoms. The van der Waals surface area contributed by atoms with E-state index in [-0.39, 0.29) is 12.1 Å². The third-order valence-electron chi connectivity index (χ3n) is 3.71. The Morgan fingerprint density at radius 1 is 1.29 bits per heavy atom. The van der Waals surface area contributed by atoms with Crippen LogP contribution in [-0.4, -0.2) is 17.6 Å². The molecule has 1 saturated carbocycles. The van der Waals surface area contributed by atoms with Crippen molar-refractivity contribution >= 4 is 6.03 Å². The predicted molar refractivity (Wildman–Crippen MR) is 67.5 cm³/mol. The van der Waals surface area contributed by atoms with Gasteiger partial charge in [-0.2, -0.15) is 5.26 Å². The standard InChI is InChI=1S/C13H23N3O/c1-3-13(4-2,10-14)16-12(17)15-11-8-6-5-7-9-11/h11H,3-9H2,1-2H3,(H2,15,16,17). The molecule has 1 aliphatic carbocycles. The molecule has 0 saturated heterocycles. The molecule has 96 valence electrons. The minimum absolute atomic E-state index is 0.192. The molecule has 0 aromatic rings. The van der Waals surface area contributed by atoms with Crippen molar-refractivity contribution in [2.75, 3.05) is 0 Å². The number of amides is 2. The Balaban J connectivity index is 2.45. The first-order valence-corrected chi connectivity index (χ1v) is 6.65. The molecular formula is C13H23N3O. The van der Waals surface area contributed by atoms with Crippen LogP contribution < -0.4 is 10.6 Å². The Bertz CT molecular complexity index is 286. The molecule has 2 N–H and O–H groups in total. The summed E-state index contributed by atoms with van der Waals surface area (Å²) in [5.74, 6) is 0. The normalized spacial score (nSPS) is 17.2. The highest BCUT2D eigenvalue weighted by molar-refractivity contribution is 5.75. The van der Waals surface area contributed by atoms with E-state index in [9.17, 15) is 4.79 Å². The van der Waals surface area contributed by atoms with Crippen LogP contribution in [0.5, 0.6) is 0 Å². The molecule has 0 atom stereocenters. The number of hydrogen-bond donors (Lipinski definition) is 2. The first-order chi connectivity index (χ1) is 8.15. The van der Waals surface area contributed by atoms with Gasteiger partial charge < -0.3 is 10.6 Å². The summed E-state index contributed by atoms with van der Waals surface area (Å²) in [7, 11) is 0. The summed E-state index contributed by atoms with van der Waals surface area (Å²) in [6.07, 6.45) is 7.05. The fourth-order valence-corrected chi connectivity index (χ4v) is 2.30. The van der Waals surface area contributed by atoms with Crippen LogP contribution in [0.3, 0.4) is 0 Å². The molecule has 0 aromatic carbocycles. The SMILES string of the molecule is CCC(C#N)(CC)NC(=O)NC1CCCCC1. The lowest BCUT2D eigenvalue weighted by Gasteiger charge is -2.28. The summed E-state index contributed by atoms with van der Waals surface area (Å²) in [5, 5.41) is 14.9. The molecule has 4 nitrogen and oxygen atoms in total. The highest BCUT2D eigenvalue weighted by Gasteiger charge is 2.28. The second kappa shape index (κ2) is 6.48. The zero-order chi connectivity index (χ0) is 12.7. The lowest BCUT2D eigenvalue weighted by atomic mass is 9.94. The van der Waals surface area contributed by atoms with Crippen molar-refractivity contribution in [3.63, 3.8) is 0 Å². The number of urea groups is 1. The maximum absolute atomic E-state index is 11.8. The van der Waals surface area contributed by atoms with Gasteiger partial charge >= 0.3 is 6.03 Å². The summed E-state index contributed by atoms with van der Waals surface area (Å²) >= 11 is 0. The summed E-state index contributed by atoms with van der Waals surface area (Å²) in [5.41, 5.74) is -0.710. The molecule has 1 rings (SSSR count). The van der Waals surface area contributed by atoms with Gasteiger partial charge in [0.15, 0.2) is 0 Å². The van der Waals surface area contributed by atoms with Gasteiger partial charge in [0.1, 0.15) is 5.54 Å². The molecular weight excluding hydrogens is 214 g/mol. The van der Waals surface area contributed by atoms with Gasteiger partial charge in [-0.1, -0.05) is 33.1 Å². The minimum Gasteiger partial charge on any atom is -0.335 e. The first kappa shape index (κ1) is 13.8. The van der Waals surface area contributed by atoms with Crippen LogP contribution in [0.15, 0.2) is 0 Å². The lowest BCUT2D eigenvalue weighted by molar-refractivity contribution is 0.222. The molecule has 0 unspecified atom stereocenters. The highest BCUT2D eigenvalue weighted by Crippen LogP contribution is 2.18. The van der Waals surface area contributed by atoms with Crippen molar-refractivity contribution in [2.24, 2.45) is 0 Å². The number of carbonyl (C=O) groups is 1. The van der Waals surface area contributed by atoms with E-state index in [1.165, 1.54) is 19.3 Å². The van der Waals surface area contributed by atoms with E-state index in [4.69, 9.17) is 5.26 Å². The van der Waals surface area contributed by atoms with Crippen molar-refractivity contribution in [2.45, 2.75) is 70.4 Å². The Morgan fingerprint density at radius 3 is 2.35 bits per heavy atom. The number of nitrogens with zero attached hydrogens (tertiary/aromatic N) is 1. The fourth-order valence-electron chi connectivity index (χ4n) is 2.30. The molecule has 2 amide bonds. The van der Waals surface area contributed by atoms with E-state index < -0.39 is 5.54 Å². The van der Waals surface area contributed by atoms with Crippen LogP contribution in [0.1, 0.15) is 58.8 Å². The quantitative estimate of drug-likeness (QED) is 0.789. The molecule has 0 radical (unpaired) electrons. The average molecular weight is 237 g/mol. The van der Waals surface area contributed by atoms with Gasteiger partial charge in [0, 0.05) is 6.04 Å². The highest BCUT2D eigenvalue weighted by atomic mass is 16.2. The number of nitrogens with one attached hydrogen (secondary N) is 2. The van der Waals surface area contributed by atoms with Crippen molar-refractivity contribution in [3.05, 3.63) is 0 Å². The molecule has 0 bridgehead atoms. The monoisotopic (exact) mass is 237 g/mol. The van der Waals surface area contributed by atoms with Crippen LogP contribution in [0.2, 0.25) is 0 Å². The Morgan fingerprint density at radius 2 is 1.88 bits per heavy atom. The third kappa shape index (κ3) is 3.92. The number of nitriles is 1. The van der Waals surface area contributed by atoms with Crippen LogP contribution in [0.25, 0.3) is 0 Å². The second-order valence-electron chi connectivity index (χ2n) is 4.83. The smallest absolute Gasteiger partial charge is 0.316 e. The summed E-state index contributed by atoms with van der Waals surface area (Å²) in [6, 6.07) is 2.30. The van der Waals surface area contributed by atoms with E-state index in [2.05, 4.69) is 16.7 Å². The van der Waals surface area contributed by atoms with Gasteiger partial charge in [0.2, 0.25) is 0 Å². The zero-order valence-electron chi connectivity index (χ0n) is 10.9. The van der Waals surface area contributed by atoms with Crippen molar-refractivity contribution in [1.82, 2.24) is 10.6 Å². The Hall–Kier alpha value is -1.24. The Labute approximate surface area is 104 Å². The average Bonchev–Trinajstić information content (AvgIpc) is 2.37.